The van der Waals surface area contributed by atoms with Crippen molar-refractivity contribution in [3.05, 3.63) is 58.4 Å². The Labute approximate surface area is 162 Å². The zero-order valence-corrected chi connectivity index (χ0v) is 15.6. The molecule has 0 atom stereocenters. The lowest BCUT2D eigenvalue weighted by molar-refractivity contribution is -0.917. The fourth-order valence-electron chi connectivity index (χ4n) is 3.55. The quantitative estimate of drug-likeness (QED) is 0.862. The second-order valence-electron chi connectivity index (χ2n) is 6.87. The maximum atomic E-state index is 13.9. The van der Waals surface area contributed by atoms with Crippen LogP contribution >= 0.6 is 11.6 Å². The van der Waals surface area contributed by atoms with E-state index < -0.39 is 5.82 Å². The number of carbonyl (C=O) groups is 1. The molecule has 2 aliphatic rings. The van der Waals surface area contributed by atoms with E-state index in [1.807, 2.05) is 12.1 Å². The summed E-state index contributed by atoms with van der Waals surface area (Å²) < 4.78 is 24.7. The summed E-state index contributed by atoms with van der Waals surface area (Å²) in [6, 6.07) is 10.5. The number of fused-ring (bicyclic) bond motifs is 1. The van der Waals surface area contributed by atoms with Crippen LogP contribution in [0, 0.1) is 5.82 Å². The summed E-state index contributed by atoms with van der Waals surface area (Å²) in [5.41, 5.74) is 1.46. The number of nitrogens with zero attached hydrogens (tertiary/aromatic N) is 1. The molecule has 0 radical (unpaired) electrons. The van der Waals surface area contributed by atoms with E-state index >= 15 is 0 Å². The van der Waals surface area contributed by atoms with E-state index in [0.29, 0.717) is 18.1 Å². The molecule has 2 aromatic carbocycles. The molecule has 0 spiro atoms. The summed E-state index contributed by atoms with van der Waals surface area (Å²) in [5, 5.41) is 0.301. The third kappa shape index (κ3) is 4.01. The summed E-state index contributed by atoms with van der Waals surface area (Å²) >= 11 is 6.03. The first-order chi connectivity index (χ1) is 13.1. The summed E-state index contributed by atoms with van der Waals surface area (Å²) in [6.07, 6.45) is 0.00298. The maximum absolute atomic E-state index is 13.9. The van der Waals surface area contributed by atoms with Crippen molar-refractivity contribution in [2.75, 3.05) is 33.0 Å². The topological polar surface area (TPSA) is 43.2 Å². The summed E-state index contributed by atoms with van der Waals surface area (Å²) in [7, 11) is 0. The van der Waals surface area contributed by atoms with Gasteiger partial charge in [0.25, 0.3) is 0 Å². The number of hydrogen-bond acceptors (Lipinski definition) is 3. The standard InChI is InChI=1S/C20H20ClFN2O3/c21-16-2-1-3-17(22)15(16)11-20(25)24-8-6-23(7-9-24)12-14-4-5-18-19(10-14)27-13-26-18/h1-5,10H,6-9,11-13H2/p+1. The lowest BCUT2D eigenvalue weighted by atomic mass is 10.1. The van der Waals surface area contributed by atoms with Crippen LogP contribution in [0.25, 0.3) is 0 Å². The molecule has 7 heteroatoms. The van der Waals surface area contributed by atoms with Crippen LogP contribution in [0.5, 0.6) is 11.5 Å². The fourth-order valence-corrected chi connectivity index (χ4v) is 3.78. The number of amides is 1. The van der Waals surface area contributed by atoms with Gasteiger partial charge in [-0.3, -0.25) is 4.79 Å². The molecular weight excluding hydrogens is 371 g/mol. The molecule has 0 aromatic heterocycles. The van der Waals surface area contributed by atoms with Crippen LogP contribution < -0.4 is 14.4 Å². The van der Waals surface area contributed by atoms with Crippen molar-refractivity contribution in [3.8, 4) is 11.5 Å². The SMILES string of the molecule is O=C(Cc1c(F)cccc1Cl)N1CC[NH+](Cc2ccc3c(c2)OCO3)CC1. The van der Waals surface area contributed by atoms with Gasteiger partial charge in [0.05, 0.1) is 32.6 Å². The van der Waals surface area contributed by atoms with Gasteiger partial charge in [-0.25, -0.2) is 4.39 Å². The number of ether oxygens (including phenoxy) is 2. The number of rotatable bonds is 4. The Morgan fingerprint density at radius 3 is 2.70 bits per heavy atom. The number of carbonyl (C=O) groups excluding carboxylic acids is 1. The van der Waals surface area contributed by atoms with Gasteiger partial charge in [0.1, 0.15) is 12.4 Å². The molecule has 4 rings (SSSR count). The second-order valence-corrected chi connectivity index (χ2v) is 7.28. The molecule has 0 bridgehead atoms. The number of hydrogen-bond donors (Lipinski definition) is 1. The molecule has 1 amide bonds. The van der Waals surface area contributed by atoms with E-state index in [2.05, 4.69) is 6.07 Å². The number of piperazine rings is 1. The van der Waals surface area contributed by atoms with Gasteiger partial charge in [-0.2, -0.15) is 0 Å². The van der Waals surface area contributed by atoms with E-state index in [1.165, 1.54) is 16.5 Å². The van der Waals surface area contributed by atoms with Gasteiger partial charge in [0.2, 0.25) is 12.7 Å². The van der Waals surface area contributed by atoms with Crippen LogP contribution in [0.1, 0.15) is 11.1 Å². The van der Waals surface area contributed by atoms with Crippen molar-refractivity contribution in [1.82, 2.24) is 4.90 Å². The molecule has 2 aromatic rings. The van der Waals surface area contributed by atoms with Crippen LogP contribution in [0.2, 0.25) is 5.02 Å². The van der Waals surface area contributed by atoms with Gasteiger partial charge in [0, 0.05) is 16.1 Å². The van der Waals surface area contributed by atoms with E-state index in [0.717, 1.165) is 31.1 Å². The molecule has 2 heterocycles. The number of halogens is 2. The molecule has 0 aliphatic carbocycles. The van der Waals surface area contributed by atoms with Crippen LogP contribution in [0.3, 0.4) is 0 Å². The second kappa shape index (κ2) is 7.74. The van der Waals surface area contributed by atoms with E-state index in [4.69, 9.17) is 21.1 Å². The van der Waals surface area contributed by atoms with E-state index in [1.54, 1.807) is 17.0 Å². The molecule has 142 valence electrons. The Hall–Kier alpha value is -2.31. The Balaban J connectivity index is 1.31. The first-order valence-electron chi connectivity index (χ1n) is 9.03. The minimum atomic E-state index is -0.428. The molecule has 5 nitrogen and oxygen atoms in total. The number of nitrogens with one attached hydrogen (secondary N) is 1. The number of benzene rings is 2. The highest BCUT2D eigenvalue weighted by atomic mass is 35.5. The molecule has 1 saturated heterocycles. The van der Waals surface area contributed by atoms with Crippen molar-refractivity contribution < 1.29 is 23.6 Å². The third-order valence-corrected chi connectivity index (χ3v) is 5.46. The van der Waals surface area contributed by atoms with Crippen molar-refractivity contribution >= 4 is 17.5 Å². The molecule has 1 fully saturated rings. The Kier molecular flexibility index (Phi) is 5.18. The first-order valence-corrected chi connectivity index (χ1v) is 9.41. The van der Waals surface area contributed by atoms with Gasteiger partial charge in [0.15, 0.2) is 11.5 Å². The Bertz CT molecular complexity index is 833. The van der Waals surface area contributed by atoms with Crippen LogP contribution in [0.4, 0.5) is 4.39 Å². The van der Waals surface area contributed by atoms with Crippen LogP contribution in [-0.4, -0.2) is 43.8 Å². The monoisotopic (exact) mass is 391 g/mol. The molecule has 27 heavy (non-hydrogen) atoms. The highest BCUT2D eigenvalue weighted by molar-refractivity contribution is 6.31. The normalized spacial score (nSPS) is 16.6. The third-order valence-electron chi connectivity index (χ3n) is 5.10. The lowest BCUT2D eigenvalue weighted by Gasteiger charge is -2.32. The lowest BCUT2D eigenvalue weighted by Crippen LogP contribution is -3.13. The van der Waals surface area contributed by atoms with Crippen LogP contribution in [0.15, 0.2) is 36.4 Å². The smallest absolute Gasteiger partial charge is 0.231 e. The zero-order valence-electron chi connectivity index (χ0n) is 14.8. The average Bonchev–Trinajstić information content (AvgIpc) is 3.13. The fraction of sp³-hybridized carbons (Fsp3) is 0.350. The highest BCUT2D eigenvalue weighted by Gasteiger charge is 2.25. The first kappa shape index (κ1) is 18.1. The van der Waals surface area contributed by atoms with Gasteiger partial charge >= 0.3 is 0 Å². The van der Waals surface area contributed by atoms with Gasteiger partial charge in [-0.15, -0.1) is 0 Å². The van der Waals surface area contributed by atoms with Crippen molar-refractivity contribution in [2.45, 2.75) is 13.0 Å². The predicted molar refractivity (Wildman–Crippen MR) is 98.7 cm³/mol. The highest BCUT2D eigenvalue weighted by Crippen LogP contribution is 2.32. The van der Waals surface area contributed by atoms with Gasteiger partial charge in [-0.1, -0.05) is 17.7 Å². The molecule has 2 aliphatic heterocycles. The zero-order chi connectivity index (χ0) is 18.8. The van der Waals surface area contributed by atoms with E-state index in [9.17, 15) is 9.18 Å². The summed E-state index contributed by atoms with van der Waals surface area (Å²) in [6.45, 7) is 4.17. The summed E-state index contributed by atoms with van der Waals surface area (Å²) in [5.74, 6) is 1.07. The largest absolute Gasteiger partial charge is 0.454 e. The minimum Gasteiger partial charge on any atom is -0.454 e. The predicted octanol–water partition coefficient (Wildman–Crippen LogP) is 1.68. The Morgan fingerprint density at radius 2 is 1.93 bits per heavy atom. The number of quaternary nitrogens is 1. The molecular formula is C20H21ClFN2O3+. The molecule has 1 N–H and O–H groups in total. The molecule has 0 saturated carbocycles. The van der Waals surface area contributed by atoms with Gasteiger partial charge < -0.3 is 19.3 Å². The average molecular weight is 392 g/mol. The Morgan fingerprint density at radius 1 is 1.15 bits per heavy atom. The molecule has 0 unspecified atom stereocenters. The minimum absolute atomic E-state index is 0.00298. The van der Waals surface area contributed by atoms with Crippen LogP contribution in [-0.2, 0) is 17.8 Å². The van der Waals surface area contributed by atoms with E-state index in [-0.39, 0.29) is 24.7 Å². The maximum Gasteiger partial charge on any atom is 0.231 e. The summed E-state index contributed by atoms with van der Waals surface area (Å²) in [4.78, 5) is 15.7. The van der Waals surface area contributed by atoms with Crippen molar-refractivity contribution in [2.24, 2.45) is 0 Å². The van der Waals surface area contributed by atoms with Gasteiger partial charge in [-0.05, 0) is 30.3 Å². The van der Waals surface area contributed by atoms with Crippen molar-refractivity contribution in [3.63, 3.8) is 0 Å². The van der Waals surface area contributed by atoms with Crippen molar-refractivity contribution in [1.29, 1.82) is 0 Å².